The Kier molecular flexibility index (Phi) is 4.11. The van der Waals surface area contributed by atoms with Crippen LogP contribution in [0.3, 0.4) is 0 Å². The summed E-state index contributed by atoms with van der Waals surface area (Å²) in [6, 6.07) is 13.4. The molecule has 4 nitrogen and oxygen atoms in total. The van der Waals surface area contributed by atoms with E-state index >= 15 is 0 Å². The number of anilines is 1. The standard InChI is InChI=1S/C17H11Cl2NO3/c1-23-13-8-3-2-7-12(13)14-15(19)17(22)20(16(14)21)11-6-4-5-10(18)9-11/h2-9H,1H3. The predicted octanol–water partition coefficient (Wildman–Crippen LogP) is 3.87. The van der Waals surface area contributed by atoms with Crippen LogP contribution in [0.5, 0.6) is 5.75 Å². The zero-order chi connectivity index (χ0) is 16.6. The fourth-order valence-corrected chi connectivity index (χ4v) is 2.89. The third-order valence-corrected chi connectivity index (χ3v) is 4.06. The number of ether oxygens (including phenoxy) is 1. The second kappa shape index (κ2) is 6.07. The van der Waals surface area contributed by atoms with Gasteiger partial charge in [0.15, 0.2) is 0 Å². The summed E-state index contributed by atoms with van der Waals surface area (Å²) in [5, 5.41) is 0.282. The maximum Gasteiger partial charge on any atom is 0.277 e. The highest BCUT2D eigenvalue weighted by molar-refractivity contribution is 6.60. The molecule has 3 rings (SSSR count). The number of para-hydroxylation sites is 1. The quantitative estimate of drug-likeness (QED) is 0.791. The van der Waals surface area contributed by atoms with Gasteiger partial charge in [0.2, 0.25) is 0 Å². The fourth-order valence-electron chi connectivity index (χ4n) is 2.44. The summed E-state index contributed by atoms with van der Waals surface area (Å²) >= 11 is 12.1. The van der Waals surface area contributed by atoms with E-state index in [4.69, 9.17) is 27.9 Å². The van der Waals surface area contributed by atoms with E-state index in [1.807, 2.05) is 0 Å². The van der Waals surface area contributed by atoms with Gasteiger partial charge in [0.1, 0.15) is 10.8 Å². The van der Waals surface area contributed by atoms with Gasteiger partial charge in [-0.3, -0.25) is 9.59 Å². The Hall–Kier alpha value is -2.30. The van der Waals surface area contributed by atoms with Crippen LogP contribution >= 0.6 is 23.2 Å². The van der Waals surface area contributed by atoms with E-state index in [9.17, 15) is 9.59 Å². The first-order valence-electron chi connectivity index (χ1n) is 6.72. The van der Waals surface area contributed by atoms with Crippen molar-refractivity contribution in [3.8, 4) is 5.75 Å². The van der Waals surface area contributed by atoms with Gasteiger partial charge in [-0.2, -0.15) is 0 Å². The number of carbonyl (C=O) groups excluding carboxylic acids is 2. The Bertz CT molecular complexity index is 845. The summed E-state index contributed by atoms with van der Waals surface area (Å²) < 4.78 is 5.25. The molecule has 116 valence electrons. The Labute approximate surface area is 142 Å². The van der Waals surface area contributed by atoms with Crippen molar-refractivity contribution in [2.24, 2.45) is 0 Å². The normalized spacial score (nSPS) is 14.7. The summed E-state index contributed by atoms with van der Waals surface area (Å²) in [6.45, 7) is 0. The number of rotatable bonds is 3. The van der Waals surface area contributed by atoms with Crippen LogP contribution in [0, 0.1) is 0 Å². The van der Waals surface area contributed by atoms with Crippen molar-refractivity contribution in [1.29, 1.82) is 0 Å². The first kappa shape index (κ1) is 15.6. The summed E-state index contributed by atoms with van der Waals surface area (Å²) in [4.78, 5) is 26.2. The van der Waals surface area contributed by atoms with E-state index in [0.717, 1.165) is 4.90 Å². The lowest BCUT2D eigenvalue weighted by atomic mass is 10.1. The van der Waals surface area contributed by atoms with E-state index in [2.05, 4.69) is 0 Å². The predicted molar refractivity (Wildman–Crippen MR) is 89.7 cm³/mol. The van der Waals surface area contributed by atoms with Crippen LogP contribution in [0.25, 0.3) is 5.57 Å². The van der Waals surface area contributed by atoms with Crippen LogP contribution in [0.1, 0.15) is 5.56 Å². The Morgan fingerprint density at radius 1 is 0.957 bits per heavy atom. The Balaban J connectivity index is 2.10. The monoisotopic (exact) mass is 347 g/mol. The molecule has 2 amide bonds. The van der Waals surface area contributed by atoms with E-state index in [0.29, 0.717) is 22.0 Å². The SMILES string of the molecule is COc1ccccc1C1=C(Cl)C(=O)N(c2cccc(Cl)c2)C1=O. The van der Waals surface area contributed by atoms with Crippen LogP contribution in [0.2, 0.25) is 5.02 Å². The number of hydrogen-bond acceptors (Lipinski definition) is 3. The average Bonchev–Trinajstić information content (AvgIpc) is 2.77. The van der Waals surface area contributed by atoms with Crippen molar-refractivity contribution in [3.63, 3.8) is 0 Å². The number of nitrogens with zero attached hydrogens (tertiary/aromatic N) is 1. The van der Waals surface area contributed by atoms with Crippen molar-refractivity contribution in [2.75, 3.05) is 12.0 Å². The fraction of sp³-hybridized carbons (Fsp3) is 0.0588. The molecule has 2 aromatic rings. The van der Waals surface area contributed by atoms with Crippen molar-refractivity contribution < 1.29 is 14.3 Å². The molecule has 0 aliphatic carbocycles. The maximum atomic E-state index is 12.8. The molecule has 2 aromatic carbocycles. The smallest absolute Gasteiger partial charge is 0.277 e. The highest BCUT2D eigenvalue weighted by Crippen LogP contribution is 2.38. The third kappa shape index (κ3) is 2.60. The maximum absolute atomic E-state index is 12.8. The minimum atomic E-state index is -0.583. The molecule has 23 heavy (non-hydrogen) atoms. The van der Waals surface area contributed by atoms with Gasteiger partial charge in [-0.05, 0) is 24.3 Å². The van der Waals surface area contributed by atoms with Crippen LogP contribution < -0.4 is 9.64 Å². The first-order chi connectivity index (χ1) is 11.0. The number of carbonyl (C=O) groups is 2. The zero-order valence-electron chi connectivity index (χ0n) is 12.0. The van der Waals surface area contributed by atoms with Crippen LogP contribution in [-0.4, -0.2) is 18.9 Å². The number of methoxy groups -OCH3 is 1. The van der Waals surface area contributed by atoms with E-state index in [1.54, 1.807) is 42.5 Å². The molecule has 0 radical (unpaired) electrons. The zero-order valence-corrected chi connectivity index (χ0v) is 13.6. The lowest BCUT2D eigenvalue weighted by Crippen LogP contribution is -2.31. The molecule has 0 bridgehead atoms. The number of imide groups is 1. The highest BCUT2D eigenvalue weighted by atomic mass is 35.5. The Morgan fingerprint density at radius 2 is 1.70 bits per heavy atom. The second-order valence-electron chi connectivity index (χ2n) is 4.81. The van der Waals surface area contributed by atoms with E-state index in [-0.39, 0.29) is 10.6 Å². The topological polar surface area (TPSA) is 46.6 Å². The van der Waals surface area contributed by atoms with Gasteiger partial charge in [0.25, 0.3) is 11.8 Å². The van der Waals surface area contributed by atoms with Crippen molar-refractivity contribution in [2.45, 2.75) is 0 Å². The molecule has 0 N–H and O–H groups in total. The van der Waals surface area contributed by atoms with Gasteiger partial charge < -0.3 is 4.74 Å². The molecule has 0 aromatic heterocycles. The number of benzene rings is 2. The number of hydrogen-bond donors (Lipinski definition) is 0. The van der Waals surface area contributed by atoms with Crippen LogP contribution in [0.4, 0.5) is 5.69 Å². The highest BCUT2D eigenvalue weighted by Gasteiger charge is 2.40. The molecule has 0 unspecified atom stereocenters. The van der Waals surface area contributed by atoms with Crippen LogP contribution in [-0.2, 0) is 9.59 Å². The molecule has 6 heteroatoms. The number of halogens is 2. The summed E-state index contributed by atoms with van der Waals surface area (Å²) in [6.07, 6.45) is 0. The molecule has 0 atom stereocenters. The molecule has 1 aliphatic heterocycles. The van der Waals surface area contributed by atoms with Gasteiger partial charge in [-0.25, -0.2) is 4.90 Å². The van der Waals surface area contributed by atoms with Gasteiger partial charge >= 0.3 is 0 Å². The van der Waals surface area contributed by atoms with Gasteiger partial charge in [0.05, 0.1) is 18.4 Å². The average molecular weight is 348 g/mol. The largest absolute Gasteiger partial charge is 0.496 e. The minimum Gasteiger partial charge on any atom is -0.496 e. The minimum absolute atomic E-state index is 0.120. The summed E-state index contributed by atoms with van der Waals surface area (Å²) in [7, 11) is 1.49. The molecule has 1 heterocycles. The molecule has 1 aliphatic rings. The van der Waals surface area contributed by atoms with Gasteiger partial charge in [-0.15, -0.1) is 0 Å². The van der Waals surface area contributed by atoms with Gasteiger partial charge in [-0.1, -0.05) is 47.5 Å². The second-order valence-corrected chi connectivity index (χ2v) is 5.63. The summed E-state index contributed by atoms with van der Waals surface area (Å²) in [5.74, 6) is -0.624. The molecule has 0 fully saturated rings. The van der Waals surface area contributed by atoms with E-state index < -0.39 is 11.8 Å². The first-order valence-corrected chi connectivity index (χ1v) is 7.47. The van der Waals surface area contributed by atoms with E-state index in [1.165, 1.54) is 13.2 Å². The molecule has 0 spiro atoms. The van der Waals surface area contributed by atoms with Crippen molar-refractivity contribution >= 4 is 46.3 Å². The molecule has 0 saturated carbocycles. The van der Waals surface area contributed by atoms with Gasteiger partial charge in [0, 0.05) is 10.6 Å². The Morgan fingerprint density at radius 3 is 2.39 bits per heavy atom. The molecular formula is C17H11Cl2NO3. The van der Waals surface area contributed by atoms with Crippen LogP contribution in [0.15, 0.2) is 53.6 Å². The van der Waals surface area contributed by atoms with Crippen molar-refractivity contribution in [3.05, 3.63) is 64.1 Å². The molecule has 0 saturated heterocycles. The molecular weight excluding hydrogens is 337 g/mol. The lowest BCUT2D eigenvalue weighted by Gasteiger charge is -2.15. The summed E-state index contributed by atoms with van der Waals surface area (Å²) in [5.41, 5.74) is 0.965. The lowest BCUT2D eigenvalue weighted by molar-refractivity contribution is -0.119. The number of amides is 2. The van der Waals surface area contributed by atoms with Crippen molar-refractivity contribution in [1.82, 2.24) is 0 Å². The third-order valence-electron chi connectivity index (χ3n) is 3.47.